The maximum Gasteiger partial charge on any atom is 4.00 e. The van der Waals surface area contributed by atoms with Crippen LogP contribution < -0.4 is 0 Å². The summed E-state index contributed by atoms with van der Waals surface area (Å²) in [5.74, 6) is 0. The molecule has 0 saturated heterocycles. The average molecular weight is 625 g/mol. The third-order valence-corrected chi connectivity index (χ3v) is 0. The zero-order chi connectivity index (χ0) is 0. The second-order valence-corrected chi connectivity index (χ2v) is 0. The summed E-state index contributed by atoms with van der Waals surface area (Å²) in [6, 6.07) is 0. The van der Waals surface area contributed by atoms with Crippen LogP contribution in [0.2, 0.25) is 0 Å². The SMILES string of the molecule is [Cr+4].[Cr+4].[O-2].[O-2].[O-2].[O-2].[O-2].[O-2].[O-2].[Tl+3].[Tl+3]. The van der Waals surface area contributed by atoms with Gasteiger partial charge >= 0.3 is 89.3 Å². The molecule has 0 aromatic carbocycles. The Morgan fingerprint density at radius 1 is 0.273 bits per heavy atom. The molecule has 0 amide bonds. The minimum absolute atomic E-state index is 0. The Bertz CT molecular complexity index is 14.4. The van der Waals surface area contributed by atoms with E-state index in [2.05, 4.69) is 0 Å². The molecule has 0 saturated carbocycles. The third-order valence-electron chi connectivity index (χ3n) is 0. The molecule has 0 aromatic heterocycles. The average Bonchev–Trinajstić information content (AvgIpc) is 0. The van der Waals surface area contributed by atoms with Gasteiger partial charge in [0.25, 0.3) is 0 Å². The molecule has 0 aliphatic heterocycles. The molecule has 0 unspecified atom stereocenters. The van der Waals surface area contributed by atoms with Crippen molar-refractivity contribution in [2.45, 2.75) is 0 Å². The zero-order valence-electron chi connectivity index (χ0n) is 4.83. The van der Waals surface area contributed by atoms with Gasteiger partial charge in [0.05, 0.1) is 0 Å². The summed E-state index contributed by atoms with van der Waals surface area (Å²) in [5.41, 5.74) is 0. The maximum atomic E-state index is 0. The molecule has 0 atom stereocenters. The Balaban J connectivity index is 0. The van der Waals surface area contributed by atoms with E-state index in [0.29, 0.717) is 0 Å². The van der Waals surface area contributed by atoms with E-state index in [9.17, 15) is 0 Å². The normalized spacial score (nSPS) is 0. The fourth-order valence-corrected chi connectivity index (χ4v) is 0. The molecule has 7 nitrogen and oxygen atoms in total. The second kappa shape index (κ2) is 247. The molecule has 11 heavy (non-hydrogen) atoms. The van der Waals surface area contributed by atoms with Gasteiger partial charge in [-0.25, -0.2) is 0 Å². The van der Waals surface area contributed by atoms with Crippen molar-refractivity contribution in [3.8, 4) is 0 Å². The van der Waals surface area contributed by atoms with Crippen LogP contribution in [0.15, 0.2) is 0 Å². The molecule has 0 spiro atoms. The van der Waals surface area contributed by atoms with Gasteiger partial charge in [0.2, 0.25) is 0 Å². The Morgan fingerprint density at radius 2 is 0.273 bits per heavy atom. The van der Waals surface area contributed by atoms with Gasteiger partial charge in [-0.15, -0.1) is 0 Å². The summed E-state index contributed by atoms with van der Waals surface area (Å²) in [6.07, 6.45) is 0. The number of hydrogen-bond donors (Lipinski definition) is 0. The third kappa shape index (κ3) is 206. The van der Waals surface area contributed by atoms with Crippen LogP contribution in [0.1, 0.15) is 0 Å². The number of hydrogen-bond acceptors (Lipinski definition) is 0. The molecule has 0 aliphatic carbocycles. The van der Waals surface area contributed by atoms with Crippen LogP contribution in [0.3, 0.4) is 0 Å². The van der Waals surface area contributed by atoms with Crippen molar-refractivity contribution in [2.24, 2.45) is 0 Å². The van der Waals surface area contributed by atoms with Crippen LogP contribution in [-0.4, -0.2) is 54.6 Å². The van der Waals surface area contributed by atoms with E-state index >= 15 is 0 Å². The van der Waals surface area contributed by atoms with Crippen LogP contribution in [0, 0.1) is 0 Å². The van der Waals surface area contributed by atoms with Crippen LogP contribution in [0.5, 0.6) is 0 Å². The molecule has 0 radical (unpaired) electrons. The number of rotatable bonds is 0. The molecular weight excluding hydrogens is 625 g/mol. The first-order valence-electron chi connectivity index (χ1n) is 0. The smallest absolute Gasteiger partial charge is 2.00 e. The van der Waals surface area contributed by atoms with Crippen molar-refractivity contribution < 1.29 is 73.1 Å². The van der Waals surface area contributed by atoms with Crippen LogP contribution >= 0.6 is 0 Å². The first-order valence-corrected chi connectivity index (χ1v) is 0. The topological polar surface area (TPSA) is 200 Å². The minimum atomic E-state index is 0. The van der Waals surface area contributed by atoms with E-state index in [1.165, 1.54) is 0 Å². The quantitative estimate of drug-likeness (QED) is 0.280. The summed E-state index contributed by atoms with van der Waals surface area (Å²) in [4.78, 5) is 0. The monoisotopic (exact) mass is 626 g/mol. The summed E-state index contributed by atoms with van der Waals surface area (Å²) >= 11 is 0. The van der Waals surface area contributed by atoms with Gasteiger partial charge < -0.3 is 38.3 Å². The van der Waals surface area contributed by atoms with Gasteiger partial charge in [-0.2, -0.15) is 0 Å². The van der Waals surface area contributed by atoms with Gasteiger partial charge in [0.15, 0.2) is 0 Å². The van der Waals surface area contributed by atoms with E-state index in [0.717, 1.165) is 0 Å². The Morgan fingerprint density at radius 3 is 0.273 bits per heavy atom. The van der Waals surface area contributed by atoms with E-state index in [1.807, 2.05) is 0 Å². The maximum absolute atomic E-state index is 0. The Kier molecular flexibility index (Phi) is 7060. The van der Waals surface area contributed by atoms with Gasteiger partial charge in [-0.3, -0.25) is 0 Å². The van der Waals surface area contributed by atoms with Crippen molar-refractivity contribution in [3.05, 3.63) is 0 Å². The predicted octanol–water partition coefficient (Wildman–Crippen LogP) is -1.60. The van der Waals surface area contributed by atoms with E-state index in [-0.39, 0.29) is 128 Å². The first-order chi connectivity index (χ1) is 0. The van der Waals surface area contributed by atoms with Crippen molar-refractivity contribution >= 4 is 54.6 Å². The molecule has 0 aromatic rings. The molecule has 0 heterocycles. The van der Waals surface area contributed by atoms with Crippen LogP contribution in [0.4, 0.5) is 0 Å². The molecule has 0 N–H and O–H groups in total. The van der Waals surface area contributed by atoms with Crippen molar-refractivity contribution in [3.63, 3.8) is 0 Å². The van der Waals surface area contributed by atoms with Crippen LogP contribution in [0.25, 0.3) is 0 Å². The molecule has 0 bridgehead atoms. The molecule has 0 fully saturated rings. The van der Waals surface area contributed by atoms with Crippen molar-refractivity contribution in [2.75, 3.05) is 0 Å². The minimum Gasteiger partial charge on any atom is -2.00 e. The Labute approximate surface area is 126 Å². The molecule has 11 heteroatoms. The molecule has 0 aliphatic rings. The van der Waals surface area contributed by atoms with Gasteiger partial charge in [-0.1, -0.05) is 0 Å². The van der Waals surface area contributed by atoms with Crippen molar-refractivity contribution in [1.82, 2.24) is 0 Å². The van der Waals surface area contributed by atoms with Gasteiger partial charge in [-0.05, 0) is 0 Å². The first kappa shape index (κ1) is 314. The predicted molar refractivity (Wildman–Crippen MR) is 16.3 cm³/mol. The molecule has 0 rings (SSSR count). The van der Waals surface area contributed by atoms with E-state index in [4.69, 9.17) is 0 Å². The Hall–Kier alpha value is 2.63. The summed E-state index contributed by atoms with van der Waals surface area (Å²) < 4.78 is 0. The standard InChI is InChI=1S/2Cr.7O.2Tl/q2*+4;7*-2;2*+3. The van der Waals surface area contributed by atoms with E-state index in [1.54, 1.807) is 0 Å². The summed E-state index contributed by atoms with van der Waals surface area (Å²) in [5, 5.41) is 0. The summed E-state index contributed by atoms with van der Waals surface area (Å²) in [6.45, 7) is 0. The zero-order valence-corrected chi connectivity index (χ0v) is 16.4. The fourth-order valence-electron chi connectivity index (χ4n) is 0. The van der Waals surface area contributed by atoms with Gasteiger partial charge in [0.1, 0.15) is 0 Å². The van der Waals surface area contributed by atoms with Crippen LogP contribution in [-0.2, 0) is 73.1 Å². The fraction of sp³-hybridized carbons (Fsp3) is 0. The molecule has 60 valence electrons. The second-order valence-electron chi connectivity index (χ2n) is 0. The molecular formula is Cr2O7Tl2. The summed E-state index contributed by atoms with van der Waals surface area (Å²) in [7, 11) is 0. The van der Waals surface area contributed by atoms with Crippen molar-refractivity contribution in [1.29, 1.82) is 0 Å². The largest absolute Gasteiger partial charge is 4.00 e. The van der Waals surface area contributed by atoms with E-state index < -0.39 is 0 Å². The van der Waals surface area contributed by atoms with Gasteiger partial charge in [0, 0.05) is 0 Å².